The monoisotopic (exact) mass is 268 g/mol. The lowest BCUT2D eigenvalue weighted by Crippen LogP contribution is -1.90. The van der Waals surface area contributed by atoms with Crippen LogP contribution in [-0.2, 0) is 0 Å². The van der Waals surface area contributed by atoms with E-state index in [9.17, 15) is 10.1 Å². The second kappa shape index (κ2) is 4.45. The first-order valence-corrected chi connectivity index (χ1v) is 6.17. The van der Waals surface area contributed by atoms with Gasteiger partial charge in [-0.15, -0.1) is 0 Å². The number of nitrogens with zero attached hydrogens (tertiary/aromatic N) is 2. The maximum atomic E-state index is 10.9. The Labute approximate surface area is 115 Å². The van der Waals surface area contributed by atoms with Crippen LogP contribution in [0.3, 0.4) is 0 Å². The normalized spacial score (nSPS) is 10.9. The molecule has 0 aliphatic carbocycles. The highest BCUT2D eigenvalue weighted by Gasteiger charge is 2.15. The van der Waals surface area contributed by atoms with Gasteiger partial charge in [-0.05, 0) is 37.1 Å². The number of nitro groups is 1. The number of rotatable bonds is 2. The van der Waals surface area contributed by atoms with Crippen LogP contribution in [0.4, 0.5) is 5.69 Å². The van der Waals surface area contributed by atoms with Crippen molar-refractivity contribution in [2.75, 3.05) is 0 Å². The third kappa shape index (κ3) is 2.03. The molecule has 0 N–H and O–H groups in total. The molecule has 5 nitrogen and oxygen atoms in total. The smallest absolute Gasteiger partial charge is 0.270 e. The lowest BCUT2D eigenvalue weighted by atomic mass is 10.1. The molecule has 5 heteroatoms. The quantitative estimate of drug-likeness (QED) is 0.520. The molecule has 0 spiro atoms. The minimum atomic E-state index is -0.421. The molecule has 3 rings (SSSR count). The third-order valence-corrected chi connectivity index (χ3v) is 3.21. The summed E-state index contributed by atoms with van der Waals surface area (Å²) in [6, 6.07) is 10.4. The zero-order chi connectivity index (χ0) is 14.3. The Kier molecular flexibility index (Phi) is 2.75. The van der Waals surface area contributed by atoms with Crippen molar-refractivity contribution >= 4 is 16.8 Å². The molecule has 100 valence electrons. The Morgan fingerprint density at radius 2 is 1.95 bits per heavy atom. The van der Waals surface area contributed by atoms with Crippen molar-refractivity contribution in [3.05, 3.63) is 57.6 Å². The molecule has 0 amide bonds. The largest absolute Gasteiger partial charge is 0.436 e. The maximum absolute atomic E-state index is 10.9. The lowest BCUT2D eigenvalue weighted by Gasteiger charge is -2.00. The van der Waals surface area contributed by atoms with E-state index in [-0.39, 0.29) is 5.69 Å². The lowest BCUT2D eigenvalue weighted by molar-refractivity contribution is -0.384. The van der Waals surface area contributed by atoms with Crippen LogP contribution in [0.25, 0.3) is 22.6 Å². The average Bonchev–Trinajstić information content (AvgIpc) is 2.81. The van der Waals surface area contributed by atoms with Gasteiger partial charge < -0.3 is 4.42 Å². The molecule has 1 aromatic heterocycles. The summed E-state index contributed by atoms with van der Waals surface area (Å²) in [5.74, 6) is 0.409. The van der Waals surface area contributed by atoms with Crippen LogP contribution < -0.4 is 0 Å². The van der Waals surface area contributed by atoms with Crippen molar-refractivity contribution in [1.82, 2.24) is 4.98 Å². The summed E-state index contributed by atoms with van der Waals surface area (Å²) < 4.78 is 5.69. The number of non-ortho nitro benzene ring substituents is 1. The van der Waals surface area contributed by atoms with Crippen LogP contribution in [0.1, 0.15) is 11.1 Å². The summed E-state index contributed by atoms with van der Waals surface area (Å²) in [7, 11) is 0. The van der Waals surface area contributed by atoms with Gasteiger partial charge in [0.15, 0.2) is 5.58 Å². The number of nitro benzene ring substituents is 1. The number of aryl methyl sites for hydroxylation is 2. The van der Waals surface area contributed by atoms with Gasteiger partial charge in [-0.3, -0.25) is 10.1 Å². The molecule has 0 bridgehead atoms. The Morgan fingerprint density at radius 3 is 2.70 bits per heavy atom. The van der Waals surface area contributed by atoms with Crippen LogP contribution in [0.5, 0.6) is 0 Å². The minimum absolute atomic E-state index is 0.0315. The summed E-state index contributed by atoms with van der Waals surface area (Å²) in [5, 5.41) is 10.9. The van der Waals surface area contributed by atoms with Gasteiger partial charge in [-0.25, -0.2) is 4.98 Å². The van der Waals surface area contributed by atoms with Crippen LogP contribution >= 0.6 is 0 Å². The van der Waals surface area contributed by atoms with Crippen LogP contribution in [0.2, 0.25) is 0 Å². The number of hydrogen-bond donors (Lipinski definition) is 0. The molecule has 1 heterocycles. The zero-order valence-electron chi connectivity index (χ0n) is 11.1. The van der Waals surface area contributed by atoms with Crippen LogP contribution in [0.15, 0.2) is 40.8 Å². The van der Waals surface area contributed by atoms with Crippen LogP contribution in [0, 0.1) is 24.0 Å². The van der Waals surface area contributed by atoms with Gasteiger partial charge in [-0.2, -0.15) is 0 Å². The molecule has 0 radical (unpaired) electrons. The Morgan fingerprint density at radius 1 is 1.15 bits per heavy atom. The number of benzene rings is 2. The Hall–Kier alpha value is -2.69. The van der Waals surface area contributed by atoms with E-state index >= 15 is 0 Å². The van der Waals surface area contributed by atoms with Crippen molar-refractivity contribution in [3.8, 4) is 11.5 Å². The van der Waals surface area contributed by atoms with Crippen molar-refractivity contribution < 1.29 is 9.34 Å². The highest BCUT2D eigenvalue weighted by Crippen LogP contribution is 2.29. The molecule has 0 saturated heterocycles. The highest BCUT2D eigenvalue weighted by atomic mass is 16.6. The van der Waals surface area contributed by atoms with E-state index < -0.39 is 4.92 Å². The number of fused-ring (bicyclic) bond motifs is 1. The molecular weight excluding hydrogens is 256 g/mol. The molecule has 0 unspecified atom stereocenters. The fourth-order valence-corrected chi connectivity index (χ4v) is 2.11. The number of oxazole rings is 1. The molecule has 0 fully saturated rings. The fraction of sp³-hybridized carbons (Fsp3) is 0.133. The van der Waals surface area contributed by atoms with E-state index in [1.165, 1.54) is 12.1 Å². The van der Waals surface area contributed by atoms with Gasteiger partial charge in [0.25, 0.3) is 5.69 Å². The molecule has 0 atom stereocenters. The summed E-state index contributed by atoms with van der Waals surface area (Å²) in [6.07, 6.45) is 0. The van der Waals surface area contributed by atoms with Crippen LogP contribution in [-0.4, -0.2) is 9.91 Å². The predicted molar refractivity (Wildman–Crippen MR) is 75.6 cm³/mol. The summed E-state index contributed by atoms with van der Waals surface area (Å²) in [6.45, 7) is 3.85. The molecule has 2 aromatic carbocycles. The summed E-state index contributed by atoms with van der Waals surface area (Å²) >= 11 is 0. The topological polar surface area (TPSA) is 69.2 Å². The van der Waals surface area contributed by atoms with E-state index in [1.54, 1.807) is 6.07 Å². The van der Waals surface area contributed by atoms with Crippen molar-refractivity contribution in [3.63, 3.8) is 0 Å². The third-order valence-electron chi connectivity index (χ3n) is 3.21. The first kappa shape index (κ1) is 12.3. The van der Waals surface area contributed by atoms with E-state index in [1.807, 2.05) is 32.0 Å². The first-order valence-electron chi connectivity index (χ1n) is 6.17. The van der Waals surface area contributed by atoms with Gasteiger partial charge in [0, 0.05) is 17.7 Å². The van der Waals surface area contributed by atoms with E-state index in [0.29, 0.717) is 17.0 Å². The number of aromatic nitrogens is 1. The molecule has 3 aromatic rings. The molecule has 20 heavy (non-hydrogen) atoms. The van der Waals surface area contributed by atoms with Gasteiger partial charge in [0.1, 0.15) is 5.52 Å². The van der Waals surface area contributed by atoms with Crippen molar-refractivity contribution in [2.24, 2.45) is 0 Å². The average molecular weight is 268 g/mol. The minimum Gasteiger partial charge on any atom is -0.436 e. The maximum Gasteiger partial charge on any atom is 0.270 e. The predicted octanol–water partition coefficient (Wildman–Crippen LogP) is 4.02. The van der Waals surface area contributed by atoms with Gasteiger partial charge >= 0.3 is 0 Å². The second-order valence-corrected chi connectivity index (χ2v) is 4.75. The SMILES string of the molecule is Cc1ccc2oc(-c3cc([N+](=O)[O-])ccc3C)nc2c1. The van der Waals surface area contributed by atoms with Gasteiger partial charge in [-0.1, -0.05) is 12.1 Å². The van der Waals surface area contributed by atoms with Crippen molar-refractivity contribution in [2.45, 2.75) is 13.8 Å². The first-order chi connectivity index (χ1) is 9.54. The summed E-state index contributed by atoms with van der Waals surface area (Å²) in [4.78, 5) is 14.9. The van der Waals surface area contributed by atoms with E-state index in [4.69, 9.17) is 4.42 Å². The summed E-state index contributed by atoms with van der Waals surface area (Å²) in [5.41, 5.74) is 4.09. The molecule has 0 aliphatic rings. The van der Waals surface area contributed by atoms with Gasteiger partial charge in [0.05, 0.1) is 4.92 Å². The molecule has 0 saturated carbocycles. The van der Waals surface area contributed by atoms with Gasteiger partial charge in [0.2, 0.25) is 5.89 Å². The highest BCUT2D eigenvalue weighted by molar-refractivity contribution is 5.77. The molecular formula is C15H12N2O3. The Bertz CT molecular complexity index is 821. The standard InChI is InChI=1S/C15H12N2O3/c1-9-3-6-14-13(7-9)16-15(20-14)12-8-11(17(18)19)5-4-10(12)2/h3-8H,1-2H3. The second-order valence-electron chi connectivity index (χ2n) is 4.75. The van der Waals surface area contributed by atoms with E-state index in [2.05, 4.69) is 4.98 Å². The van der Waals surface area contributed by atoms with Crippen molar-refractivity contribution in [1.29, 1.82) is 0 Å². The number of hydrogen-bond acceptors (Lipinski definition) is 4. The van der Waals surface area contributed by atoms with E-state index in [0.717, 1.165) is 16.6 Å². The molecule has 0 aliphatic heterocycles. The Balaban J connectivity index is 2.19. The fourth-order valence-electron chi connectivity index (χ4n) is 2.11. The zero-order valence-corrected chi connectivity index (χ0v) is 11.1.